The molecule has 1 aromatic rings. The minimum Gasteiger partial charge on any atom is -0.250 e. The van der Waals surface area contributed by atoms with Gasteiger partial charge in [-0.3, -0.25) is 0 Å². The van der Waals surface area contributed by atoms with Crippen LogP contribution in [0.3, 0.4) is 0 Å². The van der Waals surface area contributed by atoms with Crippen molar-refractivity contribution in [2.24, 2.45) is 0 Å². The van der Waals surface area contributed by atoms with Crippen LogP contribution < -0.4 is 0 Å². The predicted molar refractivity (Wildman–Crippen MR) is 85.8 cm³/mol. The number of hydrogen-bond donors (Lipinski definition) is 0. The van der Waals surface area contributed by atoms with Gasteiger partial charge in [-0.1, -0.05) is 78.1 Å². The van der Waals surface area contributed by atoms with Crippen LogP contribution in [0.25, 0.3) is 0 Å². The third kappa shape index (κ3) is 7.66. The molecule has 0 saturated carbocycles. The van der Waals surface area contributed by atoms with Crippen LogP contribution in [0.4, 0.5) is 0 Å². The van der Waals surface area contributed by atoms with Gasteiger partial charge in [0, 0.05) is 0 Å². The highest BCUT2D eigenvalue weighted by atomic mass is 15.3. The van der Waals surface area contributed by atoms with E-state index in [0.29, 0.717) is 6.04 Å². The Bertz CT molecular complexity index is 281. The summed E-state index contributed by atoms with van der Waals surface area (Å²) in [6.45, 7) is 4.54. The zero-order chi connectivity index (χ0) is 14.5. The van der Waals surface area contributed by atoms with E-state index in [9.17, 15) is 0 Å². The Morgan fingerprint density at radius 1 is 0.800 bits per heavy atom. The van der Waals surface area contributed by atoms with E-state index in [1.54, 1.807) is 6.33 Å². The molecule has 0 N–H and O–H groups in total. The monoisotopic (exact) mass is 279 g/mol. The minimum atomic E-state index is 0.570. The van der Waals surface area contributed by atoms with Gasteiger partial charge in [0.05, 0.1) is 6.04 Å². The molecule has 1 heterocycles. The van der Waals surface area contributed by atoms with Crippen molar-refractivity contribution < 1.29 is 0 Å². The van der Waals surface area contributed by atoms with E-state index in [-0.39, 0.29) is 0 Å². The largest absolute Gasteiger partial charge is 0.250 e. The van der Waals surface area contributed by atoms with E-state index in [1.165, 1.54) is 77.0 Å². The van der Waals surface area contributed by atoms with Crippen molar-refractivity contribution in [2.45, 2.75) is 96.9 Å². The molecule has 0 amide bonds. The summed E-state index contributed by atoms with van der Waals surface area (Å²) in [5.41, 5.74) is 0. The van der Waals surface area contributed by atoms with Crippen LogP contribution >= 0.6 is 0 Å². The second-order valence-electron chi connectivity index (χ2n) is 5.94. The lowest BCUT2D eigenvalue weighted by Gasteiger charge is -2.17. The van der Waals surface area contributed by atoms with Crippen molar-refractivity contribution in [1.82, 2.24) is 14.8 Å². The molecule has 3 heteroatoms. The molecule has 0 aliphatic heterocycles. The van der Waals surface area contributed by atoms with Gasteiger partial charge in [-0.05, 0) is 12.8 Å². The van der Waals surface area contributed by atoms with Crippen LogP contribution in [0, 0.1) is 0 Å². The molecule has 0 aliphatic carbocycles. The van der Waals surface area contributed by atoms with Crippen LogP contribution in [0.2, 0.25) is 0 Å². The molecule has 0 radical (unpaired) electrons. The van der Waals surface area contributed by atoms with Gasteiger partial charge in [0.25, 0.3) is 0 Å². The molecule has 0 atom stereocenters. The third-order valence-electron chi connectivity index (χ3n) is 4.09. The molecule has 0 saturated heterocycles. The van der Waals surface area contributed by atoms with Gasteiger partial charge in [0.2, 0.25) is 0 Å². The van der Waals surface area contributed by atoms with E-state index in [0.717, 1.165) is 0 Å². The molecule has 0 bridgehead atoms. The summed E-state index contributed by atoms with van der Waals surface area (Å²) >= 11 is 0. The lowest BCUT2D eigenvalue weighted by atomic mass is 10.0. The van der Waals surface area contributed by atoms with Crippen LogP contribution in [0.15, 0.2) is 12.7 Å². The summed E-state index contributed by atoms with van der Waals surface area (Å²) < 4.78 is 2.08. The SMILES string of the molecule is CCCCCCCC(CCCCCCC)n1cncn1. The Morgan fingerprint density at radius 3 is 1.80 bits per heavy atom. The van der Waals surface area contributed by atoms with Gasteiger partial charge >= 0.3 is 0 Å². The zero-order valence-electron chi connectivity index (χ0n) is 13.6. The standard InChI is InChI=1S/C17H33N3/c1-3-5-7-9-11-13-17(20-16-18-15-19-20)14-12-10-8-6-4-2/h15-17H,3-14H2,1-2H3. The van der Waals surface area contributed by atoms with Gasteiger partial charge in [-0.25, -0.2) is 9.67 Å². The molecule has 116 valence electrons. The fourth-order valence-electron chi connectivity index (χ4n) is 2.78. The fourth-order valence-corrected chi connectivity index (χ4v) is 2.78. The summed E-state index contributed by atoms with van der Waals surface area (Å²) in [5, 5.41) is 4.35. The number of nitrogens with zero attached hydrogens (tertiary/aromatic N) is 3. The van der Waals surface area contributed by atoms with E-state index >= 15 is 0 Å². The van der Waals surface area contributed by atoms with Gasteiger partial charge in [0.15, 0.2) is 0 Å². The first kappa shape index (κ1) is 17.2. The Hall–Kier alpha value is -0.860. The Balaban J connectivity index is 2.22. The first-order chi connectivity index (χ1) is 9.88. The van der Waals surface area contributed by atoms with Gasteiger partial charge < -0.3 is 0 Å². The van der Waals surface area contributed by atoms with Gasteiger partial charge in [-0.15, -0.1) is 0 Å². The number of rotatable bonds is 13. The van der Waals surface area contributed by atoms with Crippen LogP contribution in [-0.2, 0) is 0 Å². The van der Waals surface area contributed by atoms with E-state index in [1.807, 2.05) is 6.33 Å². The average molecular weight is 279 g/mol. The zero-order valence-corrected chi connectivity index (χ0v) is 13.6. The molecule has 0 aliphatic rings. The maximum atomic E-state index is 4.35. The molecular weight excluding hydrogens is 246 g/mol. The molecule has 1 rings (SSSR count). The molecule has 0 aromatic carbocycles. The molecular formula is C17H33N3. The normalized spacial score (nSPS) is 11.3. The Labute approximate surface area is 125 Å². The van der Waals surface area contributed by atoms with E-state index in [4.69, 9.17) is 0 Å². The molecule has 20 heavy (non-hydrogen) atoms. The number of aromatic nitrogens is 3. The Kier molecular flexibility index (Phi) is 10.3. The van der Waals surface area contributed by atoms with E-state index in [2.05, 4.69) is 28.6 Å². The Morgan fingerprint density at radius 2 is 1.35 bits per heavy atom. The van der Waals surface area contributed by atoms with Crippen molar-refractivity contribution in [3.05, 3.63) is 12.7 Å². The average Bonchev–Trinajstić information content (AvgIpc) is 2.98. The first-order valence-corrected chi connectivity index (χ1v) is 8.72. The van der Waals surface area contributed by atoms with Crippen molar-refractivity contribution >= 4 is 0 Å². The van der Waals surface area contributed by atoms with Crippen molar-refractivity contribution in [2.75, 3.05) is 0 Å². The smallest absolute Gasteiger partial charge is 0.137 e. The molecule has 0 unspecified atom stereocenters. The maximum absolute atomic E-state index is 4.35. The second kappa shape index (κ2) is 11.9. The summed E-state index contributed by atoms with van der Waals surface area (Å²) in [6, 6.07) is 0.570. The lowest BCUT2D eigenvalue weighted by molar-refractivity contribution is 0.366. The first-order valence-electron chi connectivity index (χ1n) is 8.72. The minimum absolute atomic E-state index is 0.570. The predicted octanol–water partition coefficient (Wildman–Crippen LogP) is 5.54. The van der Waals surface area contributed by atoms with Crippen molar-refractivity contribution in [1.29, 1.82) is 0 Å². The summed E-state index contributed by atoms with van der Waals surface area (Å²) in [5.74, 6) is 0. The number of unbranched alkanes of at least 4 members (excludes halogenated alkanes) is 8. The quantitative estimate of drug-likeness (QED) is 0.444. The van der Waals surface area contributed by atoms with Crippen molar-refractivity contribution in [3.8, 4) is 0 Å². The second-order valence-corrected chi connectivity index (χ2v) is 5.94. The van der Waals surface area contributed by atoms with Crippen LogP contribution in [0.5, 0.6) is 0 Å². The van der Waals surface area contributed by atoms with Gasteiger partial charge in [-0.2, -0.15) is 5.10 Å². The summed E-state index contributed by atoms with van der Waals surface area (Å²) in [4.78, 5) is 4.11. The van der Waals surface area contributed by atoms with Crippen molar-refractivity contribution in [3.63, 3.8) is 0 Å². The molecule has 0 fully saturated rings. The lowest BCUT2D eigenvalue weighted by Crippen LogP contribution is -2.10. The topological polar surface area (TPSA) is 30.7 Å². The molecule has 0 spiro atoms. The number of hydrogen-bond acceptors (Lipinski definition) is 2. The van der Waals surface area contributed by atoms with Crippen LogP contribution in [0.1, 0.15) is 96.9 Å². The van der Waals surface area contributed by atoms with Gasteiger partial charge in [0.1, 0.15) is 12.7 Å². The highest BCUT2D eigenvalue weighted by Gasteiger charge is 2.11. The van der Waals surface area contributed by atoms with E-state index < -0.39 is 0 Å². The summed E-state index contributed by atoms with van der Waals surface area (Å²) in [7, 11) is 0. The highest BCUT2D eigenvalue weighted by molar-refractivity contribution is 4.69. The maximum Gasteiger partial charge on any atom is 0.137 e. The molecule has 1 aromatic heterocycles. The third-order valence-corrected chi connectivity index (χ3v) is 4.09. The molecule has 3 nitrogen and oxygen atoms in total. The van der Waals surface area contributed by atoms with Crippen LogP contribution in [-0.4, -0.2) is 14.8 Å². The summed E-state index contributed by atoms with van der Waals surface area (Å²) in [6.07, 6.45) is 19.7. The highest BCUT2D eigenvalue weighted by Crippen LogP contribution is 2.22. The fraction of sp³-hybridized carbons (Fsp3) is 0.882.